The van der Waals surface area contributed by atoms with Crippen LogP contribution in [0.15, 0.2) is 40.4 Å². The maximum absolute atomic E-state index is 15.1. The fourth-order valence-electron chi connectivity index (χ4n) is 4.26. The molecule has 32 heavy (non-hydrogen) atoms. The van der Waals surface area contributed by atoms with Crippen LogP contribution in [0.5, 0.6) is 11.8 Å². The lowest BCUT2D eigenvalue weighted by Gasteiger charge is -2.32. The highest BCUT2D eigenvalue weighted by molar-refractivity contribution is 6.05. The second-order valence-corrected chi connectivity index (χ2v) is 8.73. The summed E-state index contributed by atoms with van der Waals surface area (Å²) in [4.78, 5) is 15.8. The molecule has 5 rings (SSSR count). The fraction of sp³-hybridized carbons (Fsp3) is 0.375. The summed E-state index contributed by atoms with van der Waals surface area (Å²) in [5, 5.41) is 6.68. The minimum absolute atomic E-state index is 0.105. The third kappa shape index (κ3) is 4.23. The van der Waals surface area contributed by atoms with Gasteiger partial charge < -0.3 is 20.3 Å². The first-order valence-corrected chi connectivity index (χ1v) is 11.0. The summed E-state index contributed by atoms with van der Waals surface area (Å²) >= 11 is 0. The fourth-order valence-corrected chi connectivity index (χ4v) is 4.26. The number of aromatic nitrogens is 2. The van der Waals surface area contributed by atoms with Gasteiger partial charge in [-0.25, -0.2) is 4.39 Å². The molecule has 7 nitrogen and oxygen atoms in total. The molecule has 1 aromatic heterocycles. The van der Waals surface area contributed by atoms with E-state index >= 15 is 4.39 Å². The second-order valence-electron chi connectivity index (χ2n) is 8.73. The summed E-state index contributed by atoms with van der Waals surface area (Å²) in [6.45, 7) is 9.34. The lowest BCUT2D eigenvalue weighted by molar-refractivity contribution is 0.409. The maximum Gasteiger partial charge on any atom is 0.326 e. The first-order chi connectivity index (χ1) is 15.4. The van der Waals surface area contributed by atoms with E-state index < -0.39 is 0 Å². The molecule has 1 aromatic carbocycles. The molecule has 2 aliphatic heterocycles. The molecule has 2 aromatic rings. The molecule has 1 saturated heterocycles. The van der Waals surface area contributed by atoms with Crippen molar-refractivity contribution in [2.75, 3.05) is 36.4 Å². The van der Waals surface area contributed by atoms with Gasteiger partial charge >= 0.3 is 6.01 Å². The largest absolute Gasteiger partial charge is 0.421 e. The standard InChI is InChI=1S/C24H27FN6O/c1-14-8-17-4-5-19(23(25)18(17)9-14)32-24-29-21(28-20-10-15(2)12-27-20)11-22(30-24)31-7-6-26-16(3)13-31/h4-5,9-11,16,26H,6-8,12-13H2,1-3H3,(H,27,28,29,30). The molecule has 166 valence electrons. The van der Waals surface area contributed by atoms with Crippen LogP contribution in [0, 0.1) is 5.82 Å². The third-order valence-electron chi connectivity index (χ3n) is 5.82. The summed E-state index contributed by atoms with van der Waals surface area (Å²) in [5.41, 5.74) is 3.87. The zero-order valence-electron chi connectivity index (χ0n) is 18.6. The quantitative estimate of drug-likeness (QED) is 0.760. The number of hydrogen-bond donors (Lipinski definition) is 2. The van der Waals surface area contributed by atoms with Gasteiger partial charge in [0, 0.05) is 37.3 Å². The van der Waals surface area contributed by atoms with Crippen LogP contribution in [-0.2, 0) is 6.42 Å². The number of anilines is 2. The molecule has 1 atom stereocenters. The van der Waals surface area contributed by atoms with Crippen molar-refractivity contribution in [3.63, 3.8) is 0 Å². The van der Waals surface area contributed by atoms with Crippen molar-refractivity contribution in [3.8, 4) is 11.8 Å². The number of ether oxygens (including phenoxy) is 1. The number of halogens is 1. The van der Waals surface area contributed by atoms with E-state index in [0.717, 1.165) is 48.8 Å². The first-order valence-electron chi connectivity index (χ1n) is 11.0. The Morgan fingerprint density at radius 3 is 2.84 bits per heavy atom. The number of fused-ring (bicyclic) bond motifs is 1. The molecule has 0 radical (unpaired) electrons. The zero-order chi connectivity index (χ0) is 22.2. The zero-order valence-corrected chi connectivity index (χ0v) is 18.6. The van der Waals surface area contributed by atoms with Crippen molar-refractivity contribution in [1.29, 1.82) is 0 Å². The highest BCUT2D eigenvalue weighted by Crippen LogP contribution is 2.34. The second kappa shape index (κ2) is 8.35. The molecule has 2 N–H and O–H groups in total. The van der Waals surface area contributed by atoms with Crippen molar-refractivity contribution < 1.29 is 9.13 Å². The minimum atomic E-state index is -0.377. The average Bonchev–Trinajstić information content (AvgIpc) is 3.35. The Balaban J connectivity index is 1.48. The van der Waals surface area contributed by atoms with Crippen molar-refractivity contribution in [2.24, 2.45) is 4.99 Å². The minimum Gasteiger partial charge on any atom is -0.421 e. The lowest BCUT2D eigenvalue weighted by atomic mass is 10.1. The number of rotatable bonds is 4. The van der Waals surface area contributed by atoms with E-state index in [9.17, 15) is 0 Å². The first kappa shape index (κ1) is 20.6. The Hall–Kier alpha value is -3.26. The number of nitrogens with one attached hydrogen (secondary N) is 2. The van der Waals surface area contributed by atoms with Crippen LogP contribution in [0.2, 0.25) is 0 Å². The van der Waals surface area contributed by atoms with Crippen LogP contribution < -0.4 is 20.3 Å². The molecule has 0 spiro atoms. The third-order valence-corrected chi connectivity index (χ3v) is 5.82. The summed E-state index contributed by atoms with van der Waals surface area (Å²) in [5.74, 6) is 1.80. The normalized spacial score (nSPS) is 19.9. The van der Waals surface area contributed by atoms with Crippen LogP contribution in [0.4, 0.5) is 16.0 Å². The summed E-state index contributed by atoms with van der Waals surface area (Å²) in [6.07, 6.45) is 4.63. The van der Waals surface area contributed by atoms with Crippen molar-refractivity contribution in [2.45, 2.75) is 33.2 Å². The molecule has 1 aliphatic carbocycles. The van der Waals surface area contributed by atoms with Crippen molar-refractivity contribution in [1.82, 2.24) is 15.3 Å². The highest BCUT2D eigenvalue weighted by Gasteiger charge is 2.22. The Labute approximate surface area is 187 Å². The molecule has 3 heterocycles. The smallest absolute Gasteiger partial charge is 0.326 e. The highest BCUT2D eigenvalue weighted by atomic mass is 19.1. The number of aliphatic imine (C=N–C) groups is 1. The molecule has 0 bridgehead atoms. The maximum atomic E-state index is 15.1. The number of amidine groups is 1. The van der Waals surface area contributed by atoms with Gasteiger partial charge in [-0.1, -0.05) is 17.7 Å². The van der Waals surface area contributed by atoms with Crippen LogP contribution >= 0.6 is 0 Å². The van der Waals surface area contributed by atoms with E-state index in [4.69, 9.17) is 4.74 Å². The number of allylic oxidation sites excluding steroid dienone is 1. The predicted octanol–water partition coefficient (Wildman–Crippen LogP) is 3.94. The molecule has 0 amide bonds. The Morgan fingerprint density at radius 2 is 2.06 bits per heavy atom. The van der Waals surface area contributed by atoms with Crippen LogP contribution in [0.3, 0.4) is 0 Å². The molecule has 3 aliphatic rings. The Kier molecular flexibility index (Phi) is 5.38. The van der Waals surface area contributed by atoms with Crippen LogP contribution in [0.1, 0.15) is 31.9 Å². The van der Waals surface area contributed by atoms with E-state index in [2.05, 4.69) is 37.4 Å². The van der Waals surface area contributed by atoms with Gasteiger partial charge in [0.25, 0.3) is 0 Å². The summed E-state index contributed by atoms with van der Waals surface area (Å²) in [7, 11) is 0. The number of benzene rings is 1. The Bertz CT molecular complexity index is 1160. The summed E-state index contributed by atoms with van der Waals surface area (Å²) in [6, 6.07) is 5.90. The van der Waals surface area contributed by atoms with Gasteiger partial charge in [-0.3, -0.25) is 4.99 Å². The van der Waals surface area contributed by atoms with Crippen molar-refractivity contribution in [3.05, 3.63) is 52.4 Å². The monoisotopic (exact) mass is 434 g/mol. The van der Waals surface area contributed by atoms with Gasteiger partial charge in [-0.15, -0.1) is 0 Å². The molecule has 8 heteroatoms. The number of hydrogen-bond acceptors (Lipinski definition) is 7. The molecule has 1 unspecified atom stereocenters. The SMILES string of the molecule is CC1=CC(Nc2cc(N3CCNC(C)C3)nc(Oc3ccc4c(c3F)C=C(C)C4)n2)=NC1. The average molecular weight is 435 g/mol. The van der Waals surface area contributed by atoms with Crippen molar-refractivity contribution >= 4 is 23.5 Å². The van der Waals surface area contributed by atoms with Crippen LogP contribution in [0.25, 0.3) is 6.08 Å². The van der Waals surface area contributed by atoms with E-state index in [1.807, 2.05) is 38.1 Å². The molecule has 0 saturated carbocycles. The van der Waals surface area contributed by atoms with Gasteiger partial charge in [0.05, 0.1) is 6.54 Å². The summed E-state index contributed by atoms with van der Waals surface area (Å²) < 4.78 is 21.0. The van der Waals surface area contributed by atoms with Gasteiger partial charge in [0.2, 0.25) is 0 Å². The molecule has 1 fully saturated rings. The van der Waals surface area contributed by atoms with Gasteiger partial charge in [0.15, 0.2) is 11.6 Å². The van der Waals surface area contributed by atoms with E-state index in [1.165, 1.54) is 5.57 Å². The molecular weight excluding hydrogens is 407 g/mol. The molecular formula is C24H27FN6O. The Morgan fingerprint density at radius 1 is 1.19 bits per heavy atom. The van der Waals surface area contributed by atoms with E-state index in [0.29, 0.717) is 24.0 Å². The van der Waals surface area contributed by atoms with E-state index in [-0.39, 0.29) is 17.6 Å². The van der Waals surface area contributed by atoms with Gasteiger partial charge in [-0.05, 0) is 50.5 Å². The predicted molar refractivity (Wildman–Crippen MR) is 125 cm³/mol. The van der Waals surface area contributed by atoms with Gasteiger partial charge in [-0.2, -0.15) is 9.97 Å². The number of nitrogens with zero attached hydrogens (tertiary/aromatic N) is 4. The number of piperazine rings is 1. The van der Waals surface area contributed by atoms with Crippen LogP contribution in [-0.4, -0.2) is 48.0 Å². The van der Waals surface area contributed by atoms with E-state index in [1.54, 1.807) is 6.07 Å². The van der Waals surface area contributed by atoms with Gasteiger partial charge in [0.1, 0.15) is 17.5 Å². The lowest BCUT2D eigenvalue weighted by Crippen LogP contribution is -2.49. The topological polar surface area (TPSA) is 74.7 Å².